The van der Waals surface area contributed by atoms with Crippen LogP contribution in [0.25, 0.3) is 11.3 Å². The number of carbonyl (C=O) groups is 1. The quantitative estimate of drug-likeness (QED) is 0.694. The number of halogens is 1. The number of nitrogens with one attached hydrogen (secondary N) is 1. The lowest BCUT2D eigenvalue weighted by Gasteiger charge is -2.16. The van der Waals surface area contributed by atoms with Crippen LogP contribution in [0.5, 0.6) is 0 Å². The van der Waals surface area contributed by atoms with Crippen LogP contribution in [0, 0.1) is 6.92 Å². The molecule has 0 saturated carbocycles. The lowest BCUT2D eigenvalue weighted by atomic mass is 10.0. The van der Waals surface area contributed by atoms with E-state index in [0.717, 1.165) is 5.56 Å². The van der Waals surface area contributed by atoms with Gasteiger partial charge in [0.05, 0.1) is 17.7 Å². The molecule has 3 aromatic rings. The van der Waals surface area contributed by atoms with Crippen molar-refractivity contribution in [2.45, 2.75) is 19.4 Å². The molecule has 0 fully saturated rings. The van der Waals surface area contributed by atoms with Gasteiger partial charge in [-0.2, -0.15) is 0 Å². The highest BCUT2D eigenvalue weighted by molar-refractivity contribution is 6.33. The molecule has 26 heavy (non-hydrogen) atoms. The highest BCUT2D eigenvalue weighted by Crippen LogP contribution is 2.31. The second-order valence-electron chi connectivity index (χ2n) is 5.98. The van der Waals surface area contributed by atoms with Crippen molar-refractivity contribution in [3.63, 3.8) is 0 Å². The molecule has 1 aromatic heterocycles. The fraction of sp³-hybridized carbons (Fsp3) is 0.200. The first-order chi connectivity index (χ1) is 12.6. The Hall–Kier alpha value is -2.63. The van der Waals surface area contributed by atoms with Gasteiger partial charge in [-0.15, -0.1) is 0 Å². The third-order valence-electron chi connectivity index (χ3n) is 4.10. The minimum Gasteiger partial charge on any atom is -0.394 e. The topological polar surface area (TPSA) is 75.4 Å². The maximum atomic E-state index is 12.8. The number of nitrogens with zero attached hydrogens (tertiary/aromatic N) is 1. The van der Waals surface area contributed by atoms with E-state index in [9.17, 15) is 9.90 Å². The van der Waals surface area contributed by atoms with Gasteiger partial charge in [-0.1, -0.05) is 65.3 Å². The summed E-state index contributed by atoms with van der Waals surface area (Å²) in [6.45, 7) is 1.50. The lowest BCUT2D eigenvalue weighted by molar-refractivity contribution is 0.0915. The molecule has 0 spiro atoms. The molecule has 6 heteroatoms. The molecular weight excluding hydrogens is 352 g/mol. The number of aliphatic hydroxyl groups excluding tert-OH is 1. The zero-order valence-corrected chi connectivity index (χ0v) is 15.0. The highest BCUT2D eigenvalue weighted by Gasteiger charge is 2.24. The molecule has 0 saturated heterocycles. The van der Waals surface area contributed by atoms with Crippen LogP contribution < -0.4 is 5.32 Å². The van der Waals surface area contributed by atoms with E-state index in [4.69, 9.17) is 16.1 Å². The SMILES string of the molecule is Cc1onc(-c2ccccc2Cl)c1C(=O)NC(CO)Cc1ccccc1. The van der Waals surface area contributed by atoms with E-state index in [0.29, 0.717) is 34.0 Å². The smallest absolute Gasteiger partial charge is 0.257 e. The molecule has 1 atom stereocenters. The number of hydrogen-bond donors (Lipinski definition) is 2. The van der Waals surface area contributed by atoms with Gasteiger partial charge >= 0.3 is 0 Å². The summed E-state index contributed by atoms with van der Waals surface area (Å²) < 4.78 is 5.23. The molecule has 0 aliphatic rings. The fourth-order valence-electron chi connectivity index (χ4n) is 2.79. The van der Waals surface area contributed by atoms with Gasteiger partial charge in [0, 0.05) is 5.56 Å². The van der Waals surface area contributed by atoms with E-state index in [1.807, 2.05) is 36.4 Å². The molecule has 5 nitrogen and oxygen atoms in total. The van der Waals surface area contributed by atoms with Crippen LogP contribution in [0.2, 0.25) is 5.02 Å². The molecule has 0 aliphatic heterocycles. The van der Waals surface area contributed by atoms with Crippen molar-refractivity contribution in [1.29, 1.82) is 0 Å². The first-order valence-electron chi connectivity index (χ1n) is 8.27. The summed E-state index contributed by atoms with van der Waals surface area (Å²) in [5.41, 5.74) is 2.37. The average Bonchev–Trinajstić information content (AvgIpc) is 3.03. The molecule has 0 radical (unpaired) electrons. The predicted octanol–water partition coefficient (Wildman–Crippen LogP) is 3.64. The Kier molecular flexibility index (Phi) is 5.71. The van der Waals surface area contributed by atoms with E-state index >= 15 is 0 Å². The first-order valence-corrected chi connectivity index (χ1v) is 8.64. The summed E-state index contributed by atoms with van der Waals surface area (Å²) in [7, 11) is 0. The molecule has 2 aromatic carbocycles. The normalized spacial score (nSPS) is 12.0. The van der Waals surface area contributed by atoms with E-state index in [-0.39, 0.29) is 12.5 Å². The minimum absolute atomic E-state index is 0.174. The van der Waals surface area contributed by atoms with Crippen LogP contribution in [0.4, 0.5) is 0 Å². The molecular formula is C20H19ClN2O3. The molecule has 0 bridgehead atoms. The number of aromatic nitrogens is 1. The van der Waals surface area contributed by atoms with E-state index in [2.05, 4.69) is 10.5 Å². The van der Waals surface area contributed by atoms with E-state index in [1.165, 1.54) is 0 Å². The minimum atomic E-state index is -0.418. The molecule has 0 aliphatic carbocycles. The lowest BCUT2D eigenvalue weighted by Crippen LogP contribution is -2.39. The number of aryl methyl sites for hydroxylation is 1. The number of hydrogen-bond acceptors (Lipinski definition) is 4. The standard InChI is InChI=1S/C20H19ClN2O3/c1-13-18(19(23-26-13)16-9-5-6-10-17(16)21)20(25)22-15(12-24)11-14-7-3-2-4-8-14/h2-10,15,24H,11-12H2,1H3,(H,22,25). The van der Waals surface area contributed by atoms with Crippen molar-refractivity contribution >= 4 is 17.5 Å². The summed E-state index contributed by atoms with van der Waals surface area (Å²) in [5, 5.41) is 17.0. The molecule has 2 N–H and O–H groups in total. The molecule has 134 valence electrons. The van der Waals surface area contributed by atoms with Crippen molar-refractivity contribution in [3.8, 4) is 11.3 Å². The monoisotopic (exact) mass is 370 g/mol. The summed E-state index contributed by atoms with van der Waals surface area (Å²) in [6.07, 6.45) is 0.523. The van der Waals surface area contributed by atoms with Gasteiger partial charge in [0.2, 0.25) is 0 Å². The zero-order valence-electron chi connectivity index (χ0n) is 14.3. The second-order valence-corrected chi connectivity index (χ2v) is 6.39. The van der Waals surface area contributed by atoms with Gasteiger partial charge in [-0.3, -0.25) is 4.79 Å². The van der Waals surface area contributed by atoms with Crippen molar-refractivity contribution in [2.24, 2.45) is 0 Å². The molecule has 1 unspecified atom stereocenters. The Morgan fingerprint density at radius 2 is 1.88 bits per heavy atom. The highest BCUT2D eigenvalue weighted by atomic mass is 35.5. The van der Waals surface area contributed by atoms with Crippen molar-refractivity contribution in [2.75, 3.05) is 6.61 Å². The number of aliphatic hydroxyl groups is 1. The predicted molar refractivity (Wildman–Crippen MR) is 100 cm³/mol. The number of benzene rings is 2. The first kappa shape index (κ1) is 18.2. The van der Waals surface area contributed by atoms with Gasteiger partial charge < -0.3 is 14.9 Å². The number of amides is 1. The van der Waals surface area contributed by atoms with Crippen LogP contribution in [-0.4, -0.2) is 28.8 Å². The summed E-state index contributed by atoms with van der Waals surface area (Å²) in [5.74, 6) is 0.0440. The maximum Gasteiger partial charge on any atom is 0.257 e. The maximum absolute atomic E-state index is 12.8. The number of carbonyl (C=O) groups excluding carboxylic acids is 1. The summed E-state index contributed by atoms with van der Waals surface area (Å²) in [6, 6.07) is 16.4. The Balaban J connectivity index is 1.84. The Labute approximate surface area is 156 Å². The third kappa shape index (κ3) is 3.95. The summed E-state index contributed by atoms with van der Waals surface area (Å²) in [4.78, 5) is 12.8. The average molecular weight is 371 g/mol. The Morgan fingerprint density at radius 1 is 1.19 bits per heavy atom. The van der Waals surface area contributed by atoms with Gasteiger partial charge in [-0.25, -0.2) is 0 Å². The second kappa shape index (κ2) is 8.17. The van der Waals surface area contributed by atoms with Gasteiger partial charge in [0.1, 0.15) is 17.0 Å². The van der Waals surface area contributed by atoms with Crippen LogP contribution >= 0.6 is 11.6 Å². The molecule has 3 rings (SSSR count). The zero-order chi connectivity index (χ0) is 18.5. The fourth-order valence-corrected chi connectivity index (χ4v) is 3.02. The third-order valence-corrected chi connectivity index (χ3v) is 4.43. The van der Waals surface area contributed by atoms with Crippen LogP contribution in [0.1, 0.15) is 21.7 Å². The van der Waals surface area contributed by atoms with Crippen LogP contribution in [0.15, 0.2) is 59.1 Å². The van der Waals surface area contributed by atoms with Crippen molar-refractivity contribution < 1.29 is 14.4 Å². The molecule has 1 heterocycles. The van der Waals surface area contributed by atoms with Gasteiger partial charge in [-0.05, 0) is 25.0 Å². The number of rotatable bonds is 6. The largest absolute Gasteiger partial charge is 0.394 e. The van der Waals surface area contributed by atoms with E-state index in [1.54, 1.807) is 25.1 Å². The Bertz CT molecular complexity index is 893. The van der Waals surface area contributed by atoms with Gasteiger partial charge in [0.25, 0.3) is 5.91 Å². The van der Waals surface area contributed by atoms with Crippen LogP contribution in [0.3, 0.4) is 0 Å². The van der Waals surface area contributed by atoms with E-state index < -0.39 is 6.04 Å². The van der Waals surface area contributed by atoms with Crippen LogP contribution in [-0.2, 0) is 6.42 Å². The van der Waals surface area contributed by atoms with Gasteiger partial charge in [0.15, 0.2) is 0 Å². The summed E-state index contributed by atoms with van der Waals surface area (Å²) >= 11 is 6.23. The van der Waals surface area contributed by atoms with Crippen molar-refractivity contribution in [3.05, 3.63) is 76.5 Å². The van der Waals surface area contributed by atoms with Crippen molar-refractivity contribution in [1.82, 2.24) is 10.5 Å². The Morgan fingerprint density at radius 3 is 2.58 bits per heavy atom. The molecule has 1 amide bonds.